The van der Waals surface area contributed by atoms with E-state index in [4.69, 9.17) is 11.6 Å². The van der Waals surface area contributed by atoms with Crippen LogP contribution in [0.25, 0.3) is 22.8 Å². The number of nitrogens with zero attached hydrogens (tertiary/aromatic N) is 3. The first-order valence-electron chi connectivity index (χ1n) is 6.85. The van der Waals surface area contributed by atoms with Crippen LogP contribution in [-0.4, -0.2) is 15.0 Å². The van der Waals surface area contributed by atoms with Crippen LogP contribution in [0.3, 0.4) is 0 Å². The number of halogens is 1. The van der Waals surface area contributed by atoms with Crippen molar-refractivity contribution in [2.24, 2.45) is 0 Å². The van der Waals surface area contributed by atoms with E-state index < -0.39 is 0 Å². The van der Waals surface area contributed by atoms with Gasteiger partial charge in [-0.05, 0) is 11.6 Å². The van der Waals surface area contributed by atoms with Gasteiger partial charge in [0, 0.05) is 11.1 Å². The van der Waals surface area contributed by atoms with Crippen LogP contribution in [-0.2, 0) is 0 Å². The van der Waals surface area contributed by atoms with Crippen LogP contribution in [0.5, 0.6) is 0 Å². The van der Waals surface area contributed by atoms with E-state index in [1.807, 2.05) is 74.5 Å². The molecule has 0 saturated carbocycles. The highest BCUT2D eigenvalue weighted by Crippen LogP contribution is 2.21. The standard InChI is InChI=1S/C15H10ClN3.C2H6/c16-15-18-13(11-7-3-1-4-8-11)17-14(19-15)12-9-5-2-6-10-12;1-2/h1-10H;1-2H3. The highest BCUT2D eigenvalue weighted by Gasteiger charge is 2.08. The van der Waals surface area contributed by atoms with Gasteiger partial charge in [-0.2, -0.15) is 9.97 Å². The fourth-order valence-electron chi connectivity index (χ4n) is 1.78. The van der Waals surface area contributed by atoms with Gasteiger partial charge in [-0.25, -0.2) is 4.98 Å². The van der Waals surface area contributed by atoms with Gasteiger partial charge in [0.2, 0.25) is 5.28 Å². The second-order valence-electron chi connectivity index (χ2n) is 3.98. The van der Waals surface area contributed by atoms with Crippen molar-refractivity contribution < 1.29 is 0 Å². The Kier molecular flexibility index (Phi) is 5.41. The molecule has 1 heterocycles. The van der Waals surface area contributed by atoms with E-state index in [1.54, 1.807) is 0 Å². The largest absolute Gasteiger partial charge is 0.226 e. The fraction of sp³-hybridized carbons (Fsp3) is 0.118. The maximum Gasteiger partial charge on any atom is 0.226 e. The monoisotopic (exact) mass is 297 g/mol. The molecule has 4 heteroatoms. The summed E-state index contributed by atoms with van der Waals surface area (Å²) in [5.41, 5.74) is 1.84. The molecule has 0 spiro atoms. The molecule has 21 heavy (non-hydrogen) atoms. The minimum atomic E-state index is 0.202. The Morgan fingerprint density at radius 1 is 0.619 bits per heavy atom. The maximum absolute atomic E-state index is 5.99. The third-order valence-corrected chi connectivity index (χ3v) is 2.84. The molecule has 0 aliphatic carbocycles. The van der Waals surface area contributed by atoms with Crippen molar-refractivity contribution in [3.63, 3.8) is 0 Å². The Balaban J connectivity index is 0.000000774. The summed E-state index contributed by atoms with van der Waals surface area (Å²) in [5, 5.41) is 0.202. The molecule has 0 saturated heterocycles. The van der Waals surface area contributed by atoms with Crippen LogP contribution in [0.15, 0.2) is 60.7 Å². The van der Waals surface area contributed by atoms with Crippen molar-refractivity contribution in [3.8, 4) is 22.8 Å². The first kappa shape index (κ1) is 15.1. The Bertz CT molecular complexity index is 627. The van der Waals surface area contributed by atoms with Crippen molar-refractivity contribution in [1.82, 2.24) is 15.0 Å². The summed E-state index contributed by atoms with van der Waals surface area (Å²) >= 11 is 5.99. The average Bonchev–Trinajstić information content (AvgIpc) is 2.58. The van der Waals surface area contributed by atoms with Crippen molar-refractivity contribution in [2.45, 2.75) is 13.8 Å². The molecule has 3 rings (SSSR count). The summed E-state index contributed by atoms with van der Waals surface area (Å²) in [4.78, 5) is 12.8. The zero-order valence-corrected chi connectivity index (χ0v) is 12.7. The molecule has 2 aromatic carbocycles. The van der Waals surface area contributed by atoms with Crippen molar-refractivity contribution in [1.29, 1.82) is 0 Å². The molecule has 0 atom stereocenters. The van der Waals surface area contributed by atoms with Crippen LogP contribution < -0.4 is 0 Å². The average molecular weight is 298 g/mol. The summed E-state index contributed by atoms with van der Waals surface area (Å²) < 4.78 is 0. The smallest absolute Gasteiger partial charge is 0.208 e. The topological polar surface area (TPSA) is 38.7 Å². The van der Waals surface area contributed by atoms with E-state index in [9.17, 15) is 0 Å². The predicted molar refractivity (Wildman–Crippen MR) is 87.1 cm³/mol. The highest BCUT2D eigenvalue weighted by atomic mass is 35.5. The number of aromatic nitrogens is 3. The number of hydrogen-bond donors (Lipinski definition) is 0. The highest BCUT2D eigenvalue weighted by molar-refractivity contribution is 6.28. The van der Waals surface area contributed by atoms with Crippen LogP contribution in [0.4, 0.5) is 0 Å². The second kappa shape index (κ2) is 7.50. The number of hydrogen-bond acceptors (Lipinski definition) is 3. The van der Waals surface area contributed by atoms with Gasteiger partial charge in [0.25, 0.3) is 0 Å². The lowest BCUT2D eigenvalue weighted by Crippen LogP contribution is -1.96. The van der Waals surface area contributed by atoms with Crippen LogP contribution in [0, 0.1) is 0 Å². The van der Waals surface area contributed by atoms with E-state index in [1.165, 1.54) is 0 Å². The molecule has 0 amide bonds. The lowest BCUT2D eigenvalue weighted by molar-refractivity contribution is 1.07. The van der Waals surface area contributed by atoms with Crippen molar-refractivity contribution in [3.05, 3.63) is 65.9 Å². The molecule has 3 aromatic rings. The lowest BCUT2D eigenvalue weighted by atomic mass is 10.2. The Morgan fingerprint density at radius 2 is 1.00 bits per heavy atom. The van der Waals surface area contributed by atoms with E-state index in [2.05, 4.69) is 15.0 Å². The quantitative estimate of drug-likeness (QED) is 0.676. The minimum absolute atomic E-state index is 0.202. The van der Waals surface area contributed by atoms with E-state index >= 15 is 0 Å². The summed E-state index contributed by atoms with van der Waals surface area (Å²) in [6.07, 6.45) is 0. The number of benzene rings is 2. The molecule has 0 aliphatic heterocycles. The first-order valence-corrected chi connectivity index (χ1v) is 7.23. The third-order valence-electron chi connectivity index (χ3n) is 2.67. The van der Waals surface area contributed by atoms with Gasteiger partial charge in [0.15, 0.2) is 11.6 Å². The Labute approximate surface area is 129 Å². The Morgan fingerprint density at radius 3 is 1.38 bits per heavy atom. The molecule has 106 valence electrons. The van der Waals surface area contributed by atoms with E-state index in [0.717, 1.165) is 11.1 Å². The molecule has 0 N–H and O–H groups in total. The fourth-order valence-corrected chi connectivity index (χ4v) is 1.94. The van der Waals surface area contributed by atoms with Gasteiger partial charge in [-0.1, -0.05) is 74.5 Å². The van der Waals surface area contributed by atoms with Gasteiger partial charge in [0.05, 0.1) is 0 Å². The molecular weight excluding hydrogens is 282 g/mol. The van der Waals surface area contributed by atoms with Crippen molar-refractivity contribution >= 4 is 11.6 Å². The molecule has 0 radical (unpaired) electrons. The Hall–Kier alpha value is -2.26. The molecule has 0 fully saturated rings. The van der Waals surface area contributed by atoms with E-state index in [-0.39, 0.29) is 5.28 Å². The summed E-state index contributed by atoms with van der Waals surface area (Å²) in [6, 6.07) is 19.4. The first-order chi connectivity index (χ1) is 10.3. The summed E-state index contributed by atoms with van der Waals surface area (Å²) in [7, 11) is 0. The third kappa shape index (κ3) is 3.86. The van der Waals surface area contributed by atoms with Crippen LogP contribution >= 0.6 is 11.6 Å². The maximum atomic E-state index is 5.99. The second-order valence-corrected chi connectivity index (χ2v) is 4.32. The molecule has 0 unspecified atom stereocenters. The molecule has 0 aliphatic rings. The lowest BCUT2D eigenvalue weighted by Gasteiger charge is -2.04. The zero-order chi connectivity index (χ0) is 15.1. The normalized spacial score (nSPS) is 9.67. The minimum Gasteiger partial charge on any atom is -0.208 e. The zero-order valence-electron chi connectivity index (χ0n) is 12.0. The van der Waals surface area contributed by atoms with Gasteiger partial charge >= 0.3 is 0 Å². The van der Waals surface area contributed by atoms with Crippen molar-refractivity contribution in [2.75, 3.05) is 0 Å². The van der Waals surface area contributed by atoms with E-state index in [0.29, 0.717) is 11.6 Å². The predicted octanol–water partition coefficient (Wildman–Crippen LogP) is 4.89. The molecule has 3 nitrogen and oxygen atoms in total. The van der Waals surface area contributed by atoms with Gasteiger partial charge in [0.1, 0.15) is 0 Å². The molecular formula is C17H16ClN3. The SMILES string of the molecule is CC.Clc1nc(-c2ccccc2)nc(-c2ccccc2)n1. The summed E-state index contributed by atoms with van der Waals surface area (Å²) in [5.74, 6) is 1.17. The summed E-state index contributed by atoms with van der Waals surface area (Å²) in [6.45, 7) is 4.00. The van der Waals surface area contributed by atoms with Gasteiger partial charge < -0.3 is 0 Å². The van der Waals surface area contributed by atoms with Gasteiger partial charge in [-0.15, -0.1) is 0 Å². The van der Waals surface area contributed by atoms with Crippen LogP contribution in [0.2, 0.25) is 5.28 Å². The molecule has 0 bridgehead atoms. The number of rotatable bonds is 2. The molecule has 1 aromatic heterocycles. The van der Waals surface area contributed by atoms with Crippen LogP contribution in [0.1, 0.15) is 13.8 Å². The van der Waals surface area contributed by atoms with Gasteiger partial charge in [-0.3, -0.25) is 0 Å².